The number of methoxy groups -OCH3 is 4. The topological polar surface area (TPSA) is 158 Å². The first-order chi connectivity index (χ1) is 15.5. The van der Waals surface area contributed by atoms with Crippen molar-refractivity contribution in [1.82, 2.24) is 0 Å². The third-order valence-electron chi connectivity index (χ3n) is 4.26. The van der Waals surface area contributed by atoms with Crippen LogP contribution in [0.4, 0.5) is 0 Å². The van der Waals surface area contributed by atoms with Crippen molar-refractivity contribution in [2.45, 2.75) is 19.3 Å². The molecule has 0 aliphatic heterocycles. The van der Waals surface area contributed by atoms with Gasteiger partial charge in [0.05, 0.1) is 66.3 Å². The lowest BCUT2D eigenvalue weighted by molar-refractivity contribution is -0.155. The summed E-state index contributed by atoms with van der Waals surface area (Å²) >= 11 is 0. The number of carbonyl (C=O) groups is 6. The Labute approximate surface area is 190 Å². The molecule has 0 aliphatic carbocycles. The number of ether oxygens (including phenoxy) is 6. The summed E-state index contributed by atoms with van der Waals surface area (Å²) in [5.41, 5.74) is -0.520. The molecule has 2 unspecified atom stereocenters. The van der Waals surface area contributed by atoms with Crippen LogP contribution in [-0.4, -0.2) is 77.5 Å². The Morgan fingerprint density at radius 2 is 0.939 bits per heavy atom. The average molecular weight is 472 g/mol. The lowest BCUT2D eigenvalue weighted by atomic mass is 9.97. The molecule has 0 bridgehead atoms. The smallest absolute Gasteiger partial charge is 0.334 e. The van der Waals surface area contributed by atoms with E-state index in [9.17, 15) is 28.8 Å². The monoisotopic (exact) mass is 472 g/mol. The van der Waals surface area contributed by atoms with Gasteiger partial charge >= 0.3 is 35.8 Å². The zero-order chi connectivity index (χ0) is 25.6. The predicted octanol–water partition coefficient (Wildman–Crippen LogP) is 0.280. The Balaban J connectivity index is 4.58. The molecule has 12 heteroatoms. The summed E-state index contributed by atoms with van der Waals surface area (Å²) in [5, 5.41) is 0. The summed E-state index contributed by atoms with van der Waals surface area (Å²) < 4.78 is 28.0. The molecule has 0 aromatic rings. The Bertz CT molecular complexity index is 718. The quantitative estimate of drug-likeness (QED) is 0.147. The third kappa shape index (κ3) is 9.97. The van der Waals surface area contributed by atoms with Crippen LogP contribution in [0.3, 0.4) is 0 Å². The molecule has 0 heterocycles. The Morgan fingerprint density at radius 1 is 0.606 bits per heavy atom. The van der Waals surface area contributed by atoms with E-state index in [4.69, 9.17) is 9.47 Å². The standard InChI is InChI=1S/C21H28O12/c1-12(18(24)28-3)14(20(26)30-5)10-16(22)32-8-7-9-33-17(23)11-15(21(27)31-6)13(2)19(25)29-4/h14-15H,1-2,7-11H2,3-6H3. The van der Waals surface area contributed by atoms with Crippen LogP contribution in [0.25, 0.3) is 0 Å². The maximum Gasteiger partial charge on any atom is 0.334 e. The lowest BCUT2D eigenvalue weighted by Gasteiger charge is -2.16. The molecule has 0 radical (unpaired) electrons. The van der Waals surface area contributed by atoms with Crippen LogP contribution in [0.15, 0.2) is 24.3 Å². The van der Waals surface area contributed by atoms with Gasteiger partial charge in [-0.2, -0.15) is 0 Å². The van der Waals surface area contributed by atoms with E-state index in [-0.39, 0.29) is 30.8 Å². The van der Waals surface area contributed by atoms with E-state index in [0.717, 1.165) is 28.4 Å². The van der Waals surface area contributed by atoms with Crippen LogP contribution in [0, 0.1) is 11.8 Å². The maximum atomic E-state index is 12.0. The van der Waals surface area contributed by atoms with Gasteiger partial charge in [-0.05, 0) is 0 Å². The molecule has 0 aromatic carbocycles. The Kier molecular flexibility index (Phi) is 13.5. The maximum absolute atomic E-state index is 12.0. The van der Waals surface area contributed by atoms with Gasteiger partial charge in [0.2, 0.25) is 0 Å². The predicted molar refractivity (Wildman–Crippen MR) is 109 cm³/mol. The fourth-order valence-electron chi connectivity index (χ4n) is 2.41. The highest BCUT2D eigenvalue weighted by Gasteiger charge is 2.32. The van der Waals surface area contributed by atoms with Gasteiger partial charge in [-0.25, -0.2) is 9.59 Å². The van der Waals surface area contributed by atoms with E-state index in [1.807, 2.05) is 0 Å². The van der Waals surface area contributed by atoms with Crippen LogP contribution >= 0.6 is 0 Å². The van der Waals surface area contributed by atoms with E-state index in [1.54, 1.807) is 0 Å². The lowest BCUT2D eigenvalue weighted by Crippen LogP contribution is -2.27. The van der Waals surface area contributed by atoms with Crippen molar-refractivity contribution in [1.29, 1.82) is 0 Å². The van der Waals surface area contributed by atoms with E-state index < -0.39 is 60.5 Å². The van der Waals surface area contributed by atoms with Gasteiger partial charge in [0.15, 0.2) is 0 Å². The molecule has 0 N–H and O–H groups in total. The van der Waals surface area contributed by atoms with Gasteiger partial charge in [0, 0.05) is 17.6 Å². The van der Waals surface area contributed by atoms with Gasteiger partial charge in [-0.3, -0.25) is 19.2 Å². The minimum absolute atomic E-state index is 0.0964. The van der Waals surface area contributed by atoms with Crippen molar-refractivity contribution in [2.24, 2.45) is 11.8 Å². The van der Waals surface area contributed by atoms with Crippen LogP contribution in [-0.2, 0) is 57.2 Å². The second-order valence-corrected chi connectivity index (χ2v) is 6.39. The summed E-state index contributed by atoms with van der Waals surface area (Å²) in [4.78, 5) is 70.7. The highest BCUT2D eigenvalue weighted by Crippen LogP contribution is 2.19. The number of hydrogen-bond acceptors (Lipinski definition) is 12. The van der Waals surface area contributed by atoms with E-state index >= 15 is 0 Å². The van der Waals surface area contributed by atoms with E-state index in [1.165, 1.54) is 0 Å². The molecule has 184 valence electrons. The fourth-order valence-corrected chi connectivity index (χ4v) is 2.41. The van der Waals surface area contributed by atoms with Gasteiger partial charge in [-0.1, -0.05) is 13.2 Å². The van der Waals surface area contributed by atoms with Gasteiger partial charge < -0.3 is 28.4 Å². The number of carbonyl (C=O) groups excluding carboxylic acids is 6. The largest absolute Gasteiger partial charge is 0.469 e. The molecule has 0 saturated carbocycles. The minimum atomic E-state index is -1.27. The zero-order valence-electron chi connectivity index (χ0n) is 19.0. The fraction of sp³-hybridized carbons (Fsp3) is 0.524. The van der Waals surface area contributed by atoms with Crippen molar-refractivity contribution in [3.8, 4) is 0 Å². The molecule has 0 amide bonds. The molecule has 0 saturated heterocycles. The first kappa shape index (κ1) is 29.3. The van der Waals surface area contributed by atoms with E-state index in [2.05, 4.69) is 32.1 Å². The Hall–Kier alpha value is -3.70. The van der Waals surface area contributed by atoms with Crippen LogP contribution in [0.5, 0.6) is 0 Å². The number of rotatable bonds is 14. The second kappa shape index (κ2) is 15.2. The summed E-state index contributed by atoms with van der Waals surface area (Å²) in [5.74, 6) is -7.63. The van der Waals surface area contributed by atoms with Crippen molar-refractivity contribution < 1.29 is 57.2 Å². The zero-order valence-corrected chi connectivity index (χ0v) is 19.0. The van der Waals surface area contributed by atoms with Crippen molar-refractivity contribution >= 4 is 35.8 Å². The van der Waals surface area contributed by atoms with Crippen LogP contribution in [0.2, 0.25) is 0 Å². The molecule has 33 heavy (non-hydrogen) atoms. The number of hydrogen-bond donors (Lipinski definition) is 0. The summed E-state index contributed by atoms with van der Waals surface area (Å²) in [6.07, 6.45) is -0.910. The number of esters is 6. The molecule has 0 fully saturated rings. The molecule has 0 spiro atoms. The van der Waals surface area contributed by atoms with Gasteiger partial charge in [-0.15, -0.1) is 0 Å². The molecular formula is C21H28O12. The molecule has 0 rings (SSSR count). The Morgan fingerprint density at radius 3 is 1.21 bits per heavy atom. The minimum Gasteiger partial charge on any atom is -0.469 e. The molecule has 12 nitrogen and oxygen atoms in total. The molecule has 2 atom stereocenters. The highest BCUT2D eigenvalue weighted by atomic mass is 16.6. The van der Waals surface area contributed by atoms with Crippen LogP contribution in [0.1, 0.15) is 19.3 Å². The van der Waals surface area contributed by atoms with Crippen molar-refractivity contribution in [2.75, 3.05) is 41.7 Å². The molecule has 0 aromatic heterocycles. The van der Waals surface area contributed by atoms with Gasteiger partial charge in [0.25, 0.3) is 0 Å². The average Bonchev–Trinajstić information content (AvgIpc) is 2.82. The second-order valence-electron chi connectivity index (χ2n) is 6.39. The van der Waals surface area contributed by atoms with E-state index in [0.29, 0.717) is 0 Å². The normalized spacial score (nSPS) is 11.8. The summed E-state index contributed by atoms with van der Waals surface area (Å²) in [6.45, 7) is 6.54. The first-order valence-electron chi connectivity index (χ1n) is 9.55. The van der Waals surface area contributed by atoms with Gasteiger partial charge in [0.1, 0.15) is 0 Å². The molecular weight excluding hydrogens is 444 g/mol. The first-order valence-corrected chi connectivity index (χ1v) is 9.55. The SMILES string of the molecule is C=C(C(=O)OC)C(CC(=O)OCCCOC(=O)CC(C(=C)C(=O)OC)C(=O)OC)C(=O)OC. The third-order valence-corrected chi connectivity index (χ3v) is 4.26. The van der Waals surface area contributed by atoms with Crippen molar-refractivity contribution in [3.63, 3.8) is 0 Å². The summed E-state index contributed by atoms with van der Waals surface area (Å²) in [7, 11) is 4.37. The highest BCUT2D eigenvalue weighted by molar-refractivity contribution is 5.97. The summed E-state index contributed by atoms with van der Waals surface area (Å²) in [6, 6.07) is 0. The van der Waals surface area contributed by atoms with Crippen LogP contribution < -0.4 is 0 Å². The van der Waals surface area contributed by atoms with Crippen molar-refractivity contribution in [3.05, 3.63) is 24.3 Å². The molecule has 0 aliphatic rings.